The van der Waals surface area contributed by atoms with Crippen LogP contribution in [0.2, 0.25) is 10.0 Å². The minimum atomic E-state index is 0.396. The number of nitrogens with two attached hydrogens (primary N) is 2. The van der Waals surface area contributed by atoms with Gasteiger partial charge >= 0.3 is 0 Å². The SMILES string of the molecule is NC1CCN(Cc2ccccc2Cl)CC1.NC1CCN(Cc2ccccc2Cl)CC1. The molecule has 164 valence electrons. The molecule has 2 aliphatic rings. The van der Waals surface area contributed by atoms with E-state index in [-0.39, 0.29) is 0 Å². The second kappa shape index (κ2) is 12.0. The van der Waals surface area contributed by atoms with Crippen LogP contribution in [0.3, 0.4) is 0 Å². The molecule has 30 heavy (non-hydrogen) atoms. The molecule has 0 bridgehead atoms. The van der Waals surface area contributed by atoms with Gasteiger partial charge in [-0.05, 0) is 75.1 Å². The van der Waals surface area contributed by atoms with Gasteiger partial charge in [-0.2, -0.15) is 0 Å². The van der Waals surface area contributed by atoms with E-state index in [0.717, 1.165) is 75.0 Å². The van der Waals surface area contributed by atoms with E-state index in [4.69, 9.17) is 34.7 Å². The quantitative estimate of drug-likeness (QED) is 0.721. The lowest BCUT2D eigenvalue weighted by Gasteiger charge is -2.30. The first-order chi connectivity index (χ1) is 14.5. The summed E-state index contributed by atoms with van der Waals surface area (Å²) in [5, 5.41) is 1.74. The summed E-state index contributed by atoms with van der Waals surface area (Å²) in [7, 11) is 0. The molecule has 4 N–H and O–H groups in total. The summed E-state index contributed by atoms with van der Waals surface area (Å²) in [4.78, 5) is 4.84. The van der Waals surface area contributed by atoms with E-state index in [2.05, 4.69) is 21.9 Å². The Labute approximate surface area is 191 Å². The molecule has 2 aromatic carbocycles. The van der Waals surface area contributed by atoms with Gasteiger partial charge in [-0.1, -0.05) is 59.6 Å². The van der Waals surface area contributed by atoms with Crippen molar-refractivity contribution in [2.24, 2.45) is 11.5 Å². The van der Waals surface area contributed by atoms with E-state index in [1.54, 1.807) is 0 Å². The van der Waals surface area contributed by atoms with Gasteiger partial charge in [0.25, 0.3) is 0 Å². The number of piperidine rings is 2. The van der Waals surface area contributed by atoms with Crippen LogP contribution < -0.4 is 11.5 Å². The number of hydrogen-bond donors (Lipinski definition) is 2. The summed E-state index contributed by atoms with van der Waals surface area (Å²) in [6.45, 7) is 6.26. The van der Waals surface area contributed by atoms with Gasteiger partial charge in [0.15, 0.2) is 0 Å². The summed E-state index contributed by atoms with van der Waals surface area (Å²) in [6, 6.07) is 16.9. The van der Waals surface area contributed by atoms with Crippen molar-refractivity contribution < 1.29 is 0 Å². The first-order valence-corrected chi connectivity index (χ1v) is 11.7. The van der Waals surface area contributed by atoms with E-state index in [0.29, 0.717) is 12.1 Å². The maximum Gasteiger partial charge on any atom is 0.0451 e. The van der Waals surface area contributed by atoms with Gasteiger partial charge in [-0.25, -0.2) is 0 Å². The van der Waals surface area contributed by atoms with Crippen LogP contribution in [0.15, 0.2) is 48.5 Å². The molecule has 2 fully saturated rings. The molecule has 0 spiro atoms. The van der Waals surface area contributed by atoms with E-state index < -0.39 is 0 Å². The van der Waals surface area contributed by atoms with Crippen molar-refractivity contribution >= 4 is 23.2 Å². The predicted octanol–water partition coefficient (Wildman–Crippen LogP) is 4.53. The van der Waals surface area contributed by atoms with E-state index >= 15 is 0 Å². The van der Waals surface area contributed by atoms with Crippen LogP contribution in [-0.2, 0) is 13.1 Å². The molecule has 4 nitrogen and oxygen atoms in total. The predicted molar refractivity (Wildman–Crippen MR) is 128 cm³/mol. The van der Waals surface area contributed by atoms with Gasteiger partial charge in [0.2, 0.25) is 0 Å². The van der Waals surface area contributed by atoms with Crippen molar-refractivity contribution in [1.82, 2.24) is 9.80 Å². The maximum atomic E-state index is 6.12. The highest BCUT2D eigenvalue weighted by Crippen LogP contribution is 2.20. The zero-order chi connectivity index (χ0) is 21.3. The van der Waals surface area contributed by atoms with Crippen LogP contribution in [0.1, 0.15) is 36.8 Å². The standard InChI is InChI=1S/2C12H17ClN2/c2*13-12-4-2-1-3-10(12)9-15-7-5-11(14)6-8-15/h2*1-4,11H,5-9,14H2. The Kier molecular flexibility index (Phi) is 9.44. The number of nitrogens with zero attached hydrogens (tertiary/aromatic N) is 2. The normalized spacial score (nSPS) is 19.3. The maximum absolute atomic E-state index is 6.12. The minimum Gasteiger partial charge on any atom is -0.328 e. The Morgan fingerprint density at radius 2 is 0.967 bits per heavy atom. The molecule has 0 aromatic heterocycles. The summed E-state index contributed by atoms with van der Waals surface area (Å²) in [6.07, 6.45) is 4.41. The van der Waals surface area contributed by atoms with Crippen LogP contribution >= 0.6 is 23.2 Å². The monoisotopic (exact) mass is 448 g/mol. The highest BCUT2D eigenvalue weighted by molar-refractivity contribution is 6.31. The molecule has 2 saturated heterocycles. The van der Waals surface area contributed by atoms with E-state index in [1.807, 2.05) is 36.4 Å². The summed E-state index contributed by atoms with van der Waals surface area (Å²) in [5.74, 6) is 0. The van der Waals surface area contributed by atoms with Crippen LogP contribution in [0.4, 0.5) is 0 Å². The molecule has 0 aliphatic carbocycles. The van der Waals surface area contributed by atoms with E-state index in [1.165, 1.54) is 11.1 Å². The van der Waals surface area contributed by atoms with Gasteiger partial charge in [0.1, 0.15) is 0 Å². The lowest BCUT2D eigenvalue weighted by molar-refractivity contribution is 0.205. The molecule has 2 heterocycles. The molecule has 0 unspecified atom stereocenters. The van der Waals surface area contributed by atoms with Gasteiger partial charge in [-0.3, -0.25) is 9.80 Å². The van der Waals surface area contributed by atoms with Crippen molar-refractivity contribution in [3.63, 3.8) is 0 Å². The second-order valence-electron chi connectivity index (χ2n) is 8.41. The van der Waals surface area contributed by atoms with Crippen molar-refractivity contribution in [2.75, 3.05) is 26.2 Å². The Morgan fingerprint density at radius 3 is 1.30 bits per heavy atom. The largest absolute Gasteiger partial charge is 0.328 e. The van der Waals surface area contributed by atoms with Gasteiger partial charge < -0.3 is 11.5 Å². The molecular weight excluding hydrogens is 415 g/mol. The van der Waals surface area contributed by atoms with Gasteiger partial charge in [-0.15, -0.1) is 0 Å². The number of likely N-dealkylation sites (tertiary alicyclic amines) is 2. The molecule has 0 atom stereocenters. The first kappa shape index (κ1) is 23.5. The van der Waals surface area contributed by atoms with Crippen LogP contribution in [0, 0.1) is 0 Å². The fourth-order valence-corrected chi connectivity index (χ4v) is 4.35. The third-order valence-corrected chi connectivity index (χ3v) is 6.71. The number of rotatable bonds is 4. The van der Waals surface area contributed by atoms with Crippen LogP contribution in [0.5, 0.6) is 0 Å². The van der Waals surface area contributed by atoms with Crippen LogP contribution in [-0.4, -0.2) is 48.1 Å². The molecule has 0 amide bonds. The van der Waals surface area contributed by atoms with Gasteiger partial charge in [0.05, 0.1) is 0 Å². The molecular formula is C24H34Cl2N4. The minimum absolute atomic E-state index is 0.396. The van der Waals surface area contributed by atoms with Crippen molar-refractivity contribution in [2.45, 2.75) is 50.9 Å². The van der Waals surface area contributed by atoms with Crippen LogP contribution in [0.25, 0.3) is 0 Å². The Balaban J connectivity index is 0.000000171. The zero-order valence-electron chi connectivity index (χ0n) is 17.6. The third kappa shape index (κ3) is 7.52. The summed E-state index contributed by atoms with van der Waals surface area (Å²) < 4.78 is 0. The molecule has 0 radical (unpaired) electrons. The fraction of sp³-hybridized carbons (Fsp3) is 0.500. The third-order valence-electron chi connectivity index (χ3n) is 5.97. The smallest absolute Gasteiger partial charge is 0.0451 e. The summed E-state index contributed by atoms with van der Waals surface area (Å²) >= 11 is 12.2. The molecule has 6 heteroatoms. The Bertz CT molecular complexity index is 704. The second-order valence-corrected chi connectivity index (χ2v) is 9.22. The molecule has 0 saturated carbocycles. The topological polar surface area (TPSA) is 58.5 Å². The van der Waals surface area contributed by atoms with E-state index in [9.17, 15) is 0 Å². The lowest BCUT2D eigenvalue weighted by atomic mass is 10.1. The summed E-state index contributed by atoms with van der Waals surface area (Å²) in [5.41, 5.74) is 14.2. The average Bonchev–Trinajstić information content (AvgIpc) is 2.75. The zero-order valence-corrected chi connectivity index (χ0v) is 19.2. The average molecular weight is 449 g/mol. The Hall–Kier alpha value is -1.14. The number of hydrogen-bond acceptors (Lipinski definition) is 4. The number of halogens is 2. The number of benzene rings is 2. The van der Waals surface area contributed by atoms with Crippen molar-refractivity contribution in [1.29, 1.82) is 0 Å². The van der Waals surface area contributed by atoms with Crippen molar-refractivity contribution in [3.05, 3.63) is 69.7 Å². The first-order valence-electron chi connectivity index (χ1n) is 10.9. The molecule has 4 rings (SSSR count). The fourth-order valence-electron chi connectivity index (χ4n) is 3.96. The lowest BCUT2D eigenvalue weighted by Crippen LogP contribution is -2.39. The van der Waals surface area contributed by atoms with Crippen molar-refractivity contribution in [3.8, 4) is 0 Å². The van der Waals surface area contributed by atoms with Gasteiger partial charge in [0, 0.05) is 35.2 Å². The molecule has 2 aliphatic heterocycles. The Morgan fingerprint density at radius 1 is 0.633 bits per heavy atom. The highest BCUT2D eigenvalue weighted by atomic mass is 35.5. The highest BCUT2D eigenvalue weighted by Gasteiger charge is 2.17. The molecule has 2 aromatic rings.